The largest absolute Gasteiger partial charge is 0.471 e. The van der Waals surface area contributed by atoms with Gasteiger partial charge in [0.2, 0.25) is 0 Å². The summed E-state index contributed by atoms with van der Waals surface area (Å²) in [4.78, 5) is 29.2. The van der Waals surface area contributed by atoms with Crippen LogP contribution >= 0.6 is 0 Å². The predicted octanol–water partition coefficient (Wildman–Crippen LogP) is 1.61. The van der Waals surface area contributed by atoms with Crippen molar-refractivity contribution in [1.82, 2.24) is 4.90 Å². The molecule has 10 heteroatoms. The van der Waals surface area contributed by atoms with Crippen molar-refractivity contribution in [2.75, 3.05) is 56.2 Å². The molecule has 0 bridgehead atoms. The van der Waals surface area contributed by atoms with Gasteiger partial charge in [-0.2, -0.15) is 13.2 Å². The van der Waals surface area contributed by atoms with Crippen LogP contribution in [-0.4, -0.2) is 75.4 Å². The number of alkyl halides is 3. The third-order valence-corrected chi connectivity index (χ3v) is 5.39. The molecule has 2 saturated heterocycles. The maximum atomic E-state index is 13.4. The van der Waals surface area contributed by atoms with Gasteiger partial charge in [-0.05, 0) is 38.1 Å². The number of ether oxygens (including phenoxy) is 1. The lowest BCUT2D eigenvalue weighted by molar-refractivity contribution is -0.171. The van der Waals surface area contributed by atoms with Crippen molar-refractivity contribution in [2.24, 2.45) is 5.73 Å². The van der Waals surface area contributed by atoms with Crippen LogP contribution in [0.2, 0.25) is 0 Å². The number of nitrogens with zero attached hydrogens (tertiary/aromatic N) is 3. The van der Waals surface area contributed by atoms with Crippen molar-refractivity contribution in [3.8, 4) is 0 Å². The molecule has 0 radical (unpaired) electrons. The monoisotopic (exact) mass is 414 g/mol. The van der Waals surface area contributed by atoms with Gasteiger partial charge in [-0.3, -0.25) is 9.59 Å². The normalized spacial score (nSPS) is 19.2. The zero-order valence-corrected chi connectivity index (χ0v) is 16.2. The molecule has 7 nitrogen and oxygen atoms in total. The van der Waals surface area contributed by atoms with Crippen molar-refractivity contribution in [1.29, 1.82) is 0 Å². The van der Waals surface area contributed by atoms with Gasteiger partial charge in [0, 0.05) is 51.1 Å². The summed E-state index contributed by atoms with van der Waals surface area (Å²) in [6, 6.07) is 3.82. The highest BCUT2D eigenvalue weighted by molar-refractivity contribution is 6.06. The second-order valence-corrected chi connectivity index (χ2v) is 7.37. The lowest BCUT2D eigenvalue weighted by Gasteiger charge is -2.37. The predicted molar refractivity (Wildman–Crippen MR) is 102 cm³/mol. The standard InChI is InChI=1S/C19H25F3N4O3/c1-24-6-8-25(9-7-24)14-2-3-15(17(23)27)16(12-14)26(18(28)19(20,21)22)13-4-10-29-11-5-13/h2-3,12-13H,4-11H2,1H3,(H2,23,27). The van der Waals surface area contributed by atoms with E-state index < -0.39 is 24.0 Å². The molecule has 1 aromatic rings. The van der Waals surface area contributed by atoms with E-state index in [1.54, 1.807) is 6.07 Å². The van der Waals surface area contributed by atoms with E-state index in [0.29, 0.717) is 23.7 Å². The Bertz CT molecular complexity index is 758. The summed E-state index contributed by atoms with van der Waals surface area (Å²) in [7, 11) is 1.99. The van der Waals surface area contributed by atoms with E-state index in [0.717, 1.165) is 13.1 Å². The van der Waals surface area contributed by atoms with Gasteiger partial charge < -0.3 is 25.2 Å². The van der Waals surface area contributed by atoms with Gasteiger partial charge in [0.1, 0.15) is 0 Å². The third kappa shape index (κ3) is 4.81. The lowest BCUT2D eigenvalue weighted by atomic mass is 10.0. The minimum absolute atomic E-state index is 0.0943. The number of hydrogen-bond acceptors (Lipinski definition) is 5. The minimum Gasteiger partial charge on any atom is -0.381 e. The summed E-state index contributed by atoms with van der Waals surface area (Å²) in [5.41, 5.74) is 5.89. The zero-order chi connectivity index (χ0) is 21.2. The molecule has 2 N–H and O–H groups in total. The summed E-state index contributed by atoms with van der Waals surface area (Å²) in [5.74, 6) is -2.88. The Morgan fingerprint density at radius 3 is 2.31 bits per heavy atom. The molecular weight excluding hydrogens is 389 g/mol. The van der Waals surface area contributed by atoms with Crippen LogP contribution in [0.5, 0.6) is 0 Å². The Hall–Kier alpha value is -2.33. The molecule has 2 heterocycles. The number of amides is 2. The van der Waals surface area contributed by atoms with Gasteiger partial charge in [0.25, 0.3) is 5.91 Å². The fourth-order valence-electron chi connectivity index (χ4n) is 3.74. The molecule has 0 spiro atoms. The Labute approximate surface area is 167 Å². The highest BCUT2D eigenvalue weighted by atomic mass is 19.4. The van der Waals surface area contributed by atoms with Crippen LogP contribution in [0.25, 0.3) is 0 Å². The van der Waals surface area contributed by atoms with Gasteiger partial charge >= 0.3 is 12.1 Å². The highest BCUT2D eigenvalue weighted by Gasteiger charge is 2.46. The maximum absolute atomic E-state index is 13.4. The van der Waals surface area contributed by atoms with Crippen LogP contribution in [0.4, 0.5) is 24.5 Å². The molecule has 1 aromatic carbocycles. The Morgan fingerprint density at radius 2 is 1.76 bits per heavy atom. The molecule has 2 aliphatic heterocycles. The Balaban J connectivity index is 2.05. The number of carbonyl (C=O) groups excluding carboxylic acids is 2. The molecule has 0 saturated carbocycles. The van der Waals surface area contributed by atoms with Crippen LogP contribution in [0.1, 0.15) is 23.2 Å². The summed E-state index contributed by atoms with van der Waals surface area (Å²) in [5, 5.41) is 0. The van der Waals surface area contributed by atoms with Crippen LogP contribution in [0.3, 0.4) is 0 Å². The van der Waals surface area contributed by atoms with E-state index in [1.165, 1.54) is 12.1 Å². The van der Waals surface area contributed by atoms with Gasteiger partial charge in [0.05, 0.1) is 11.3 Å². The fraction of sp³-hybridized carbons (Fsp3) is 0.579. The number of piperazine rings is 1. The molecule has 2 fully saturated rings. The molecular formula is C19H25F3N4O3. The van der Waals surface area contributed by atoms with Crippen molar-refractivity contribution in [3.63, 3.8) is 0 Å². The number of primary amides is 1. The van der Waals surface area contributed by atoms with Crippen molar-refractivity contribution < 1.29 is 27.5 Å². The van der Waals surface area contributed by atoms with Crippen molar-refractivity contribution in [2.45, 2.75) is 25.1 Å². The van der Waals surface area contributed by atoms with Crippen molar-refractivity contribution in [3.05, 3.63) is 23.8 Å². The van der Waals surface area contributed by atoms with E-state index in [-0.39, 0.29) is 37.3 Å². The van der Waals surface area contributed by atoms with E-state index in [1.807, 2.05) is 11.9 Å². The topological polar surface area (TPSA) is 79.1 Å². The molecule has 2 aliphatic rings. The van der Waals surface area contributed by atoms with Crippen LogP contribution in [0, 0.1) is 0 Å². The van der Waals surface area contributed by atoms with Gasteiger partial charge in [-0.25, -0.2) is 0 Å². The van der Waals surface area contributed by atoms with Gasteiger partial charge in [0.15, 0.2) is 0 Å². The number of halogens is 3. The van der Waals surface area contributed by atoms with Crippen LogP contribution < -0.4 is 15.5 Å². The highest BCUT2D eigenvalue weighted by Crippen LogP contribution is 2.34. The first-order chi connectivity index (χ1) is 13.7. The van der Waals surface area contributed by atoms with Crippen LogP contribution in [0.15, 0.2) is 18.2 Å². The zero-order valence-electron chi connectivity index (χ0n) is 16.2. The smallest absolute Gasteiger partial charge is 0.381 e. The number of rotatable bonds is 4. The molecule has 0 unspecified atom stereocenters. The second-order valence-electron chi connectivity index (χ2n) is 7.37. The minimum atomic E-state index is -5.07. The number of benzene rings is 1. The first kappa shape index (κ1) is 21.4. The average molecular weight is 414 g/mol. The van der Waals surface area contributed by atoms with E-state index in [4.69, 9.17) is 10.5 Å². The summed E-state index contributed by atoms with van der Waals surface area (Å²) >= 11 is 0. The molecule has 0 aliphatic carbocycles. The quantitative estimate of drug-likeness (QED) is 0.810. The van der Waals surface area contributed by atoms with E-state index in [9.17, 15) is 22.8 Å². The third-order valence-electron chi connectivity index (χ3n) is 5.39. The number of hydrogen-bond donors (Lipinski definition) is 1. The first-order valence-corrected chi connectivity index (χ1v) is 9.54. The van der Waals surface area contributed by atoms with Crippen LogP contribution in [-0.2, 0) is 9.53 Å². The molecule has 160 valence electrons. The maximum Gasteiger partial charge on any atom is 0.471 e. The van der Waals surface area contributed by atoms with Gasteiger partial charge in [-0.1, -0.05) is 0 Å². The number of nitrogens with two attached hydrogens (primary N) is 1. The van der Waals surface area contributed by atoms with E-state index in [2.05, 4.69) is 4.90 Å². The average Bonchev–Trinajstić information content (AvgIpc) is 2.68. The van der Waals surface area contributed by atoms with Crippen molar-refractivity contribution >= 4 is 23.2 Å². The molecule has 2 amide bonds. The first-order valence-electron chi connectivity index (χ1n) is 9.54. The molecule has 0 aromatic heterocycles. The molecule has 3 rings (SSSR count). The lowest BCUT2D eigenvalue weighted by Crippen LogP contribution is -2.50. The molecule has 29 heavy (non-hydrogen) atoms. The summed E-state index contributed by atoms with van der Waals surface area (Å²) < 4.78 is 45.5. The van der Waals surface area contributed by atoms with E-state index >= 15 is 0 Å². The fourth-order valence-corrected chi connectivity index (χ4v) is 3.74. The summed E-state index contributed by atoms with van der Waals surface area (Å²) in [6.07, 6.45) is -4.57. The number of anilines is 2. The second kappa shape index (κ2) is 8.58. The molecule has 0 atom stereocenters. The number of likely N-dealkylation sites (N-methyl/N-ethyl adjacent to an activating group) is 1. The van der Waals surface area contributed by atoms with Gasteiger partial charge in [-0.15, -0.1) is 0 Å². The Kier molecular flexibility index (Phi) is 6.33. The summed E-state index contributed by atoms with van der Waals surface area (Å²) in [6.45, 7) is 3.48. The SMILES string of the molecule is CN1CCN(c2ccc(C(N)=O)c(N(C(=O)C(F)(F)F)C3CCOCC3)c2)CC1. The number of carbonyl (C=O) groups is 2. The Morgan fingerprint density at radius 1 is 1.14 bits per heavy atom.